The first kappa shape index (κ1) is 34.1. The highest BCUT2D eigenvalue weighted by Crippen LogP contribution is 2.72. The van der Waals surface area contributed by atoms with Crippen LogP contribution in [0.5, 0.6) is 0 Å². The van der Waals surface area contributed by atoms with E-state index in [1.165, 1.54) is 17.8 Å². The Hall–Kier alpha value is -4.68. The van der Waals surface area contributed by atoms with Gasteiger partial charge in [-0.15, -0.1) is 0 Å². The normalized spacial score (nSPS) is 27.3. The molecule has 4 aromatic heterocycles. The van der Waals surface area contributed by atoms with Crippen molar-refractivity contribution < 1.29 is 19.4 Å². The van der Waals surface area contributed by atoms with Crippen molar-refractivity contribution in [3.8, 4) is 22.4 Å². The number of benzene rings is 1. The van der Waals surface area contributed by atoms with Gasteiger partial charge in [-0.25, -0.2) is 19.6 Å². The Balaban J connectivity index is 0.996. The maximum Gasteiger partial charge on any atom is 0.355 e. The molecular weight excluding hydrogens is 687 g/mol. The molecule has 0 saturated heterocycles. The lowest BCUT2D eigenvalue weighted by Crippen LogP contribution is -2.64. The van der Waals surface area contributed by atoms with Gasteiger partial charge in [0.2, 0.25) is 0 Å². The minimum atomic E-state index is -1.10. The summed E-state index contributed by atoms with van der Waals surface area (Å²) in [6, 6.07) is 13.1. The van der Waals surface area contributed by atoms with Gasteiger partial charge in [-0.1, -0.05) is 37.3 Å². The van der Waals surface area contributed by atoms with Gasteiger partial charge in [-0.2, -0.15) is 10.1 Å². The first-order valence-electron chi connectivity index (χ1n) is 18.7. The second kappa shape index (κ2) is 12.2. The highest BCUT2D eigenvalue weighted by atomic mass is 32.1. The molecule has 10 rings (SSSR count). The van der Waals surface area contributed by atoms with Crippen LogP contribution in [-0.4, -0.2) is 60.6 Å². The molecule has 1 aromatic carbocycles. The molecule has 2 amide bonds. The van der Waals surface area contributed by atoms with Gasteiger partial charge in [0.25, 0.3) is 0 Å². The van der Waals surface area contributed by atoms with Gasteiger partial charge in [0.05, 0.1) is 22.2 Å². The standard InChI is InChI=1S/C41H45N7O4S/c1-5-52-41-21-38(3)18-39(4,22-41)20-40(19-38,23-41)24-48-25(2)29(17-43-48)28-12-13-30(44-33(28)35(49)50)27-11-10-26-8-7-15-47(31(26)16-27)37(51)46-36-45-34-32(53-36)9-6-14-42-34/h6,9-14,16-17H,5,7-8,15,18-24H2,1-4H3,(H,49,50)(H,42,45,46,51). The number of aryl methyl sites for hydroxylation is 1. The fourth-order valence-electron chi connectivity index (χ4n) is 11.6. The number of ether oxygens (including phenoxy) is 1. The van der Waals surface area contributed by atoms with Crippen LogP contribution in [0, 0.1) is 23.2 Å². The van der Waals surface area contributed by atoms with Crippen LogP contribution in [0.1, 0.15) is 87.5 Å². The predicted octanol–water partition coefficient (Wildman–Crippen LogP) is 8.76. The van der Waals surface area contributed by atoms with Crippen molar-refractivity contribution in [3.05, 3.63) is 71.8 Å². The quantitative estimate of drug-likeness (QED) is 0.162. The molecule has 2 unspecified atom stereocenters. The monoisotopic (exact) mass is 731 g/mol. The van der Waals surface area contributed by atoms with Gasteiger partial charge in [0.15, 0.2) is 16.5 Å². The number of fused-ring (bicyclic) bond motifs is 2. The van der Waals surface area contributed by atoms with Crippen molar-refractivity contribution in [3.63, 3.8) is 0 Å². The number of aromatic carboxylic acids is 1. The van der Waals surface area contributed by atoms with Crippen LogP contribution in [0.15, 0.2) is 54.9 Å². The highest BCUT2D eigenvalue weighted by Gasteiger charge is 2.66. The second-order valence-corrected chi connectivity index (χ2v) is 17.9. The number of pyridine rings is 2. The fraction of sp³-hybridized carbons (Fsp3) is 0.463. The summed E-state index contributed by atoms with van der Waals surface area (Å²) >= 11 is 1.38. The summed E-state index contributed by atoms with van der Waals surface area (Å²) in [5.74, 6) is -1.10. The van der Waals surface area contributed by atoms with E-state index in [0.717, 1.165) is 90.9 Å². The van der Waals surface area contributed by atoms with Crippen molar-refractivity contribution in [2.24, 2.45) is 16.2 Å². The molecule has 4 saturated carbocycles. The van der Waals surface area contributed by atoms with E-state index < -0.39 is 5.97 Å². The molecular formula is C41H45N7O4S. The predicted molar refractivity (Wildman–Crippen MR) is 205 cm³/mol. The Kier molecular flexibility index (Phi) is 7.84. The topological polar surface area (TPSA) is 135 Å². The molecule has 53 heavy (non-hydrogen) atoms. The average molecular weight is 732 g/mol. The molecule has 5 aromatic rings. The third-order valence-electron chi connectivity index (χ3n) is 12.2. The van der Waals surface area contributed by atoms with E-state index in [1.54, 1.807) is 17.3 Å². The Morgan fingerprint density at radius 1 is 1.00 bits per heavy atom. The van der Waals surface area contributed by atoms with Crippen LogP contribution in [0.25, 0.3) is 32.7 Å². The van der Waals surface area contributed by atoms with Gasteiger partial charge >= 0.3 is 12.0 Å². The van der Waals surface area contributed by atoms with Crippen molar-refractivity contribution in [1.29, 1.82) is 0 Å². The maximum absolute atomic E-state index is 13.6. The van der Waals surface area contributed by atoms with E-state index in [2.05, 4.69) is 40.7 Å². The number of carbonyl (C=O) groups is 2. The van der Waals surface area contributed by atoms with E-state index in [9.17, 15) is 14.7 Å². The number of anilines is 2. The molecule has 5 heterocycles. The summed E-state index contributed by atoms with van der Waals surface area (Å²) in [5, 5.41) is 18.8. The van der Waals surface area contributed by atoms with Crippen LogP contribution >= 0.6 is 11.3 Å². The number of hydrogen-bond donors (Lipinski definition) is 2. The van der Waals surface area contributed by atoms with E-state index in [-0.39, 0.29) is 33.6 Å². The van der Waals surface area contributed by atoms with Crippen LogP contribution < -0.4 is 10.2 Å². The molecule has 12 heteroatoms. The lowest BCUT2D eigenvalue weighted by atomic mass is 9.39. The third-order valence-corrected chi connectivity index (χ3v) is 13.1. The van der Waals surface area contributed by atoms with Crippen LogP contribution in [0.3, 0.4) is 0 Å². The number of aromatic nitrogens is 5. The first-order valence-corrected chi connectivity index (χ1v) is 19.5. The van der Waals surface area contributed by atoms with Crippen molar-refractivity contribution in [1.82, 2.24) is 24.7 Å². The van der Waals surface area contributed by atoms with Crippen LogP contribution in [0.2, 0.25) is 0 Å². The molecule has 11 nitrogen and oxygen atoms in total. The lowest BCUT2D eigenvalue weighted by molar-refractivity contribution is -0.246. The minimum Gasteiger partial charge on any atom is -0.476 e. The van der Waals surface area contributed by atoms with Gasteiger partial charge in [-0.05, 0) is 117 Å². The largest absolute Gasteiger partial charge is 0.476 e. The molecule has 4 bridgehead atoms. The van der Waals surface area contributed by atoms with Crippen LogP contribution in [0.4, 0.5) is 15.6 Å². The number of carboxylic acid groups (broad SMARTS) is 1. The Labute approximate surface area is 312 Å². The van der Waals surface area contributed by atoms with E-state index in [1.807, 2.05) is 49.4 Å². The van der Waals surface area contributed by atoms with E-state index in [4.69, 9.17) is 14.8 Å². The molecule has 5 aliphatic rings. The summed E-state index contributed by atoms with van der Waals surface area (Å²) in [7, 11) is 0. The average Bonchev–Trinajstić information content (AvgIpc) is 3.67. The zero-order chi connectivity index (χ0) is 36.8. The van der Waals surface area contributed by atoms with Crippen molar-refractivity contribution >= 4 is 44.5 Å². The maximum atomic E-state index is 13.6. The number of amides is 2. The molecule has 274 valence electrons. The number of nitrogens with zero attached hydrogens (tertiary/aromatic N) is 6. The number of nitrogens with one attached hydrogen (secondary N) is 1. The molecule has 4 aliphatic carbocycles. The van der Waals surface area contributed by atoms with Crippen LogP contribution in [-0.2, 0) is 17.7 Å². The van der Waals surface area contributed by atoms with E-state index >= 15 is 0 Å². The Bertz CT molecular complexity index is 2250. The number of carboxylic acids is 1. The molecule has 0 radical (unpaired) electrons. The fourth-order valence-corrected chi connectivity index (χ4v) is 12.4. The third kappa shape index (κ3) is 5.90. The van der Waals surface area contributed by atoms with Gasteiger partial charge in [0.1, 0.15) is 0 Å². The highest BCUT2D eigenvalue weighted by molar-refractivity contribution is 7.22. The molecule has 0 spiro atoms. The lowest BCUT2D eigenvalue weighted by Gasteiger charge is -2.69. The SMILES string of the molecule is CCOC12CC3(C)CC(C)(CC(Cn4ncc(-c5ccc(-c6ccc7c(c6)N(C(=O)Nc6nc8ncccc8s6)CCC7)nc5C(=O)O)c4C)(C3)C1)C2. The number of urea groups is 1. The van der Waals surface area contributed by atoms with Gasteiger partial charge in [0, 0.05) is 54.0 Å². The molecule has 2 N–H and O–H groups in total. The van der Waals surface area contributed by atoms with E-state index in [0.29, 0.717) is 28.6 Å². The summed E-state index contributed by atoms with van der Waals surface area (Å²) in [6.45, 7) is 11.1. The number of hydrogen-bond acceptors (Lipinski definition) is 8. The number of thiazole rings is 1. The summed E-state index contributed by atoms with van der Waals surface area (Å²) in [4.78, 5) is 41.6. The number of rotatable bonds is 8. The Morgan fingerprint density at radius 3 is 2.57 bits per heavy atom. The smallest absolute Gasteiger partial charge is 0.355 e. The zero-order valence-corrected chi connectivity index (χ0v) is 31.6. The first-order chi connectivity index (χ1) is 25.4. The summed E-state index contributed by atoms with van der Waals surface area (Å²) in [5.41, 5.74) is 6.46. The van der Waals surface area contributed by atoms with Gasteiger partial charge in [-0.3, -0.25) is 14.9 Å². The van der Waals surface area contributed by atoms with Crippen molar-refractivity contribution in [2.45, 2.75) is 91.2 Å². The molecule has 2 atom stereocenters. The summed E-state index contributed by atoms with van der Waals surface area (Å²) < 4.78 is 9.58. The second-order valence-electron chi connectivity index (χ2n) is 16.9. The Morgan fingerprint density at radius 2 is 1.81 bits per heavy atom. The van der Waals surface area contributed by atoms with Gasteiger partial charge < -0.3 is 9.84 Å². The molecule has 1 aliphatic heterocycles. The minimum absolute atomic E-state index is 0.0213. The number of carbonyl (C=O) groups excluding carboxylic acids is 1. The summed E-state index contributed by atoms with van der Waals surface area (Å²) in [6.07, 6.45) is 12.0. The molecule has 4 fully saturated rings. The zero-order valence-electron chi connectivity index (χ0n) is 30.7. The van der Waals surface area contributed by atoms with Crippen molar-refractivity contribution in [2.75, 3.05) is 23.4 Å².